The average Bonchev–Trinajstić information content (AvgIpc) is 1.37. The molecule has 0 aliphatic heterocycles. The Bertz CT molecular complexity index is 5.25. The van der Waals surface area contributed by atoms with Gasteiger partial charge in [-0.15, -0.1) is 0 Å². The summed E-state index contributed by atoms with van der Waals surface area (Å²) in [7, 11) is 2.92. The third-order valence-corrected chi connectivity index (χ3v) is 13.5. The molecule has 0 bridgehead atoms. The smallest absolute Gasteiger partial charge is 0.00136 e. The Labute approximate surface area is 34.6 Å². The molecule has 0 radical (unpaired) electrons. The van der Waals surface area contributed by atoms with Crippen LogP contribution in [0.25, 0.3) is 0 Å². The van der Waals surface area contributed by atoms with Gasteiger partial charge in [-0.3, -0.25) is 0 Å². The van der Waals surface area contributed by atoms with Gasteiger partial charge < -0.3 is 0 Å². The molecule has 4 heavy (non-hydrogen) atoms. The Hall–Kier alpha value is 0.651. The maximum Gasteiger partial charge on any atom is 0.00136 e. The van der Waals surface area contributed by atoms with E-state index in [9.17, 15) is 0 Å². The molecular formula is CH10Si3. The highest BCUT2D eigenvalue weighted by molar-refractivity contribution is 7.23. The first-order chi connectivity index (χ1) is 1.91. The third-order valence-electron chi connectivity index (χ3n) is 0.500. The summed E-state index contributed by atoms with van der Waals surface area (Å²) in [5.41, 5.74) is 0. The summed E-state index contributed by atoms with van der Waals surface area (Å²) in [5.74, 6) is 0. The molecular weight excluding hydrogens is 96.3 g/mol. The van der Waals surface area contributed by atoms with Gasteiger partial charge >= 0.3 is 0 Å². The second-order valence-corrected chi connectivity index (χ2v) is 18.0. The Balaban J connectivity index is 1.97. The van der Waals surface area contributed by atoms with Gasteiger partial charge in [0, 0.05) is 9.04 Å². The molecule has 0 fully saturated rings. The van der Waals surface area contributed by atoms with E-state index in [-0.39, 0.29) is 0 Å². The zero-order valence-electron chi connectivity index (χ0n) is 3.41. The van der Waals surface area contributed by atoms with Gasteiger partial charge in [0.15, 0.2) is 0 Å². The van der Waals surface area contributed by atoms with E-state index in [4.69, 9.17) is 0 Å². The summed E-state index contributed by atoms with van der Waals surface area (Å²) >= 11 is 0. The Morgan fingerprint density at radius 2 is 2.00 bits per heavy atom. The molecule has 0 rings (SSSR count). The van der Waals surface area contributed by atoms with Gasteiger partial charge in [0.25, 0.3) is 0 Å². The summed E-state index contributed by atoms with van der Waals surface area (Å²) in [6.45, 7) is 2.42. The molecule has 0 aromatic carbocycles. The van der Waals surface area contributed by atoms with E-state index >= 15 is 0 Å². The molecule has 3 heteroatoms. The normalized spacial score (nSPS) is 14.2. The first-order valence-electron chi connectivity index (χ1n) is 1.91. The predicted molar refractivity (Wildman–Crippen MR) is 32.9 cm³/mol. The second-order valence-electron chi connectivity index (χ2n) is 1.000. The minimum atomic E-state index is 0.625. The van der Waals surface area contributed by atoms with Crippen LogP contribution in [-0.2, 0) is 0 Å². The van der Waals surface area contributed by atoms with Crippen LogP contribution in [0.4, 0.5) is 0 Å². The fourth-order valence-corrected chi connectivity index (χ4v) is 0. The fraction of sp³-hybridized carbons (Fsp3) is 1.00. The number of hydrogen-bond acceptors (Lipinski definition) is 0. The maximum absolute atomic E-state index is 2.42. The number of rotatable bonds is 1. The molecule has 0 aromatic rings. The van der Waals surface area contributed by atoms with Gasteiger partial charge in [0.1, 0.15) is 0 Å². The van der Waals surface area contributed by atoms with Gasteiger partial charge in [-0.25, -0.2) is 0 Å². The summed E-state index contributed by atoms with van der Waals surface area (Å²) in [6.07, 6.45) is 0. The van der Waals surface area contributed by atoms with Crippen molar-refractivity contribution in [2.45, 2.75) is 6.55 Å². The Morgan fingerprint density at radius 3 is 2.00 bits per heavy atom. The SMILES string of the molecule is C[SiH2][SiH2][SiH3]. The molecule has 0 amide bonds. The highest BCUT2D eigenvalue weighted by Crippen LogP contribution is 1.36. The molecule has 0 saturated carbocycles. The van der Waals surface area contributed by atoms with Gasteiger partial charge in [-0.2, -0.15) is 0 Å². The van der Waals surface area contributed by atoms with Gasteiger partial charge in [0.05, 0.1) is 0 Å². The van der Waals surface area contributed by atoms with Crippen LogP contribution in [0, 0.1) is 0 Å². The lowest BCUT2D eigenvalue weighted by molar-refractivity contribution is 2.37. The van der Waals surface area contributed by atoms with Crippen LogP contribution in [0.1, 0.15) is 0 Å². The molecule has 0 N–H and O–H groups in total. The highest BCUT2D eigenvalue weighted by atomic mass is 29.5. The standard InChI is InChI=1S/CH10Si3/c1-3-4-2/h3-4H2,1-2H3. The summed E-state index contributed by atoms with van der Waals surface area (Å²) in [6, 6.07) is 0. The second kappa shape index (κ2) is 3.65. The molecule has 0 nitrogen and oxygen atoms in total. The van der Waals surface area contributed by atoms with Crippen molar-refractivity contribution in [1.29, 1.82) is 0 Å². The van der Waals surface area contributed by atoms with E-state index in [1.807, 2.05) is 0 Å². The van der Waals surface area contributed by atoms with Crippen molar-refractivity contribution in [3.05, 3.63) is 0 Å². The van der Waals surface area contributed by atoms with E-state index in [1.54, 1.807) is 9.76 Å². The quantitative estimate of drug-likeness (QED) is 0.326. The topological polar surface area (TPSA) is 0 Å². The van der Waals surface area contributed by atoms with Crippen molar-refractivity contribution in [2.75, 3.05) is 0 Å². The Morgan fingerprint density at radius 1 is 1.75 bits per heavy atom. The van der Waals surface area contributed by atoms with E-state index in [2.05, 4.69) is 6.55 Å². The van der Waals surface area contributed by atoms with Crippen molar-refractivity contribution in [2.24, 2.45) is 0 Å². The van der Waals surface area contributed by atoms with Crippen LogP contribution in [-0.4, -0.2) is 27.4 Å². The largest absolute Gasteiger partial charge is 0.0773 e. The van der Waals surface area contributed by atoms with E-state index in [0.717, 1.165) is 0 Å². The van der Waals surface area contributed by atoms with E-state index < -0.39 is 0 Å². The fourth-order valence-electron chi connectivity index (χ4n) is 0. The first-order valence-corrected chi connectivity index (χ1v) is 13.0. The Kier molecular flexibility index (Phi) is 4.24. The van der Waals surface area contributed by atoms with Crippen molar-refractivity contribution in [3.63, 3.8) is 0 Å². The van der Waals surface area contributed by atoms with Crippen molar-refractivity contribution >= 4 is 27.4 Å². The molecule has 26 valence electrons. The van der Waals surface area contributed by atoms with Crippen molar-refractivity contribution in [1.82, 2.24) is 0 Å². The minimum absolute atomic E-state index is 0.625. The summed E-state index contributed by atoms with van der Waals surface area (Å²) in [5, 5.41) is 0. The molecule has 0 aliphatic rings. The maximum atomic E-state index is 2.42. The zero-order chi connectivity index (χ0) is 3.41. The molecule has 0 aliphatic carbocycles. The van der Waals surface area contributed by atoms with E-state index in [1.165, 1.54) is 0 Å². The van der Waals surface area contributed by atoms with Gasteiger partial charge in [-0.1, -0.05) is 6.55 Å². The summed E-state index contributed by atoms with van der Waals surface area (Å²) < 4.78 is 0. The monoisotopic (exact) mass is 106 g/mol. The van der Waals surface area contributed by atoms with Crippen LogP contribution in [0.3, 0.4) is 0 Å². The lowest BCUT2D eigenvalue weighted by atomic mass is 11.9. The van der Waals surface area contributed by atoms with Gasteiger partial charge in [-0.05, 0) is 18.3 Å². The van der Waals surface area contributed by atoms with E-state index in [0.29, 0.717) is 17.6 Å². The van der Waals surface area contributed by atoms with Crippen LogP contribution in [0.15, 0.2) is 0 Å². The number of hydrogen-bond donors (Lipinski definition) is 0. The van der Waals surface area contributed by atoms with Crippen LogP contribution in [0.2, 0.25) is 6.55 Å². The first kappa shape index (κ1) is 4.65. The molecule has 0 spiro atoms. The van der Waals surface area contributed by atoms with Crippen LogP contribution >= 0.6 is 0 Å². The summed E-state index contributed by atoms with van der Waals surface area (Å²) in [4.78, 5) is 0. The molecule has 0 atom stereocenters. The van der Waals surface area contributed by atoms with Crippen molar-refractivity contribution < 1.29 is 0 Å². The average molecular weight is 106 g/mol. The highest BCUT2D eigenvalue weighted by Gasteiger charge is 1.61. The van der Waals surface area contributed by atoms with Crippen molar-refractivity contribution in [3.8, 4) is 0 Å². The van der Waals surface area contributed by atoms with Crippen LogP contribution in [0.5, 0.6) is 0 Å². The molecule has 0 saturated heterocycles. The predicted octanol–water partition coefficient (Wildman–Crippen LogP) is -2.43. The van der Waals surface area contributed by atoms with Crippen LogP contribution < -0.4 is 0 Å². The molecule has 0 aromatic heterocycles. The minimum Gasteiger partial charge on any atom is -0.0773 e. The molecule has 0 unspecified atom stereocenters. The third kappa shape index (κ3) is 2.65. The molecule has 0 heterocycles. The zero-order valence-corrected chi connectivity index (χ0v) is 8.24. The van der Waals surface area contributed by atoms with Gasteiger partial charge in [0.2, 0.25) is 0 Å². The lowest BCUT2D eigenvalue weighted by Crippen LogP contribution is -1.94. The lowest BCUT2D eigenvalue weighted by Gasteiger charge is -1.63.